The van der Waals surface area contributed by atoms with Gasteiger partial charge in [0.05, 0.1) is 0 Å². The summed E-state index contributed by atoms with van der Waals surface area (Å²) >= 11 is 0. The lowest BCUT2D eigenvalue weighted by molar-refractivity contribution is 0.996. The second-order valence-corrected chi connectivity index (χ2v) is 5.06. The van der Waals surface area contributed by atoms with Gasteiger partial charge in [0.1, 0.15) is 5.82 Å². The Morgan fingerprint density at radius 2 is 1.94 bits per heavy atom. The van der Waals surface area contributed by atoms with E-state index >= 15 is 0 Å². The molecule has 92 valence electrons. The van der Waals surface area contributed by atoms with Gasteiger partial charge in [-0.05, 0) is 37.8 Å². The lowest BCUT2D eigenvalue weighted by atomic mass is 10.0. The minimum absolute atomic E-state index is 0.572. The molecule has 1 aromatic heterocycles. The van der Waals surface area contributed by atoms with Gasteiger partial charge in [-0.25, -0.2) is 9.97 Å². The van der Waals surface area contributed by atoms with Crippen molar-refractivity contribution in [3.8, 4) is 11.4 Å². The second-order valence-electron chi connectivity index (χ2n) is 5.06. The van der Waals surface area contributed by atoms with Gasteiger partial charge in [-0.2, -0.15) is 0 Å². The Kier molecular flexibility index (Phi) is 2.54. The third-order valence-electron chi connectivity index (χ3n) is 3.61. The van der Waals surface area contributed by atoms with E-state index in [1.165, 1.54) is 24.0 Å². The molecule has 0 aliphatic heterocycles. The third-order valence-corrected chi connectivity index (χ3v) is 3.61. The van der Waals surface area contributed by atoms with Crippen molar-refractivity contribution in [2.24, 2.45) is 0 Å². The number of nitrogen functional groups attached to an aromatic ring is 1. The number of nitrogens with zero attached hydrogens (tertiary/aromatic N) is 2. The number of rotatable bonds is 2. The van der Waals surface area contributed by atoms with E-state index in [-0.39, 0.29) is 0 Å². The Bertz CT molecular complexity index is 601. The molecular formula is C15H17N3. The van der Waals surface area contributed by atoms with Gasteiger partial charge in [-0.3, -0.25) is 0 Å². The highest BCUT2D eigenvalue weighted by atomic mass is 15.0. The fourth-order valence-electron chi connectivity index (χ4n) is 2.19. The Balaban J connectivity index is 2.13. The molecule has 0 unspecified atom stereocenters. The summed E-state index contributed by atoms with van der Waals surface area (Å²) in [7, 11) is 0. The van der Waals surface area contributed by atoms with E-state index in [0.29, 0.717) is 11.7 Å². The third kappa shape index (κ3) is 1.96. The average Bonchev–Trinajstić information content (AvgIpc) is 3.16. The highest BCUT2D eigenvalue weighted by Crippen LogP contribution is 2.40. The van der Waals surface area contributed by atoms with Crippen LogP contribution >= 0.6 is 0 Å². The predicted molar refractivity (Wildman–Crippen MR) is 73.3 cm³/mol. The zero-order valence-electron chi connectivity index (χ0n) is 10.8. The summed E-state index contributed by atoms with van der Waals surface area (Å²) in [5.41, 5.74) is 10.6. The lowest BCUT2D eigenvalue weighted by Gasteiger charge is -2.09. The number of nitrogens with two attached hydrogens (primary N) is 1. The molecule has 3 heteroatoms. The van der Waals surface area contributed by atoms with Crippen LogP contribution in [0.25, 0.3) is 11.4 Å². The summed E-state index contributed by atoms with van der Waals surface area (Å²) in [6.07, 6.45) is 2.45. The zero-order valence-corrected chi connectivity index (χ0v) is 10.8. The van der Waals surface area contributed by atoms with Crippen LogP contribution in [0.1, 0.15) is 35.6 Å². The van der Waals surface area contributed by atoms with Crippen molar-refractivity contribution in [3.05, 3.63) is 41.1 Å². The summed E-state index contributed by atoms with van der Waals surface area (Å²) in [6.45, 7) is 4.21. The first-order chi connectivity index (χ1) is 8.65. The largest absolute Gasteiger partial charge is 0.384 e. The Hall–Kier alpha value is -1.90. The maximum atomic E-state index is 5.90. The maximum Gasteiger partial charge on any atom is 0.162 e. The van der Waals surface area contributed by atoms with E-state index in [2.05, 4.69) is 35.9 Å². The van der Waals surface area contributed by atoms with Crippen LogP contribution in [-0.4, -0.2) is 9.97 Å². The molecule has 1 aromatic carbocycles. The standard InChI is InChI=1S/C15H17N3/c1-9-4-3-5-12(10(9)2)15-17-13(11-6-7-11)8-14(16)18-15/h3-5,8,11H,6-7H2,1-2H3,(H2,16,17,18). The highest BCUT2D eigenvalue weighted by molar-refractivity contribution is 5.63. The molecule has 2 aromatic rings. The van der Waals surface area contributed by atoms with Gasteiger partial charge in [0.2, 0.25) is 0 Å². The molecule has 2 N–H and O–H groups in total. The molecule has 0 amide bonds. The second kappa shape index (κ2) is 4.09. The minimum Gasteiger partial charge on any atom is -0.384 e. The molecule has 0 bridgehead atoms. The van der Waals surface area contributed by atoms with E-state index in [9.17, 15) is 0 Å². The summed E-state index contributed by atoms with van der Waals surface area (Å²) in [6, 6.07) is 8.12. The van der Waals surface area contributed by atoms with Crippen molar-refractivity contribution in [1.29, 1.82) is 0 Å². The van der Waals surface area contributed by atoms with E-state index in [1.54, 1.807) is 0 Å². The van der Waals surface area contributed by atoms with Crippen LogP contribution < -0.4 is 5.73 Å². The SMILES string of the molecule is Cc1cccc(-c2nc(N)cc(C3CC3)n2)c1C. The highest BCUT2D eigenvalue weighted by Gasteiger charge is 2.26. The van der Waals surface area contributed by atoms with Crippen LogP contribution in [0.2, 0.25) is 0 Å². The van der Waals surface area contributed by atoms with E-state index in [0.717, 1.165) is 17.1 Å². The molecule has 3 rings (SSSR count). The molecule has 18 heavy (non-hydrogen) atoms. The van der Waals surface area contributed by atoms with Gasteiger partial charge in [0.15, 0.2) is 5.82 Å². The number of hydrogen-bond acceptors (Lipinski definition) is 3. The molecule has 3 nitrogen and oxygen atoms in total. The topological polar surface area (TPSA) is 51.8 Å². The first-order valence-electron chi connectivity index (χ1n) is 6.36. The molecule has 0 saturated heterocycles. The van der Waals surface area contributed by atoms with Crippen molar-refractivity contribution < 1.29 is 0 Å². The Morgan fingerprint density at radius 1 is 1.17 bits per heavy atom. The van der Waals surface area contributed by atoms with Crippen molar-refractivity contribution in [2.75, 3.05) is 5.73 Å². The smallest absolute Gasteiger partial charge is 0.162 e. The molecule has 1 fully saturated rings. The van der Waals surface area contributed by atoms with Crippen LogP contribution in [0, 0.1) is 13.8 Å². The van der Waals surface area contributed by atoms with Gasteiger partial charge in [-0.15, -0.1) is 0 Å². The van der Waals surface area contributed by atoms with Gasteiger partial charge in [-0.1, -0.05) is 18.2 Å². The van der Waals surface area contributed by atoms with E-state index < -0.39 is 0 Å². The predicted octanol–water partition coefficient (Wildman–Crippen LogP) is 3.22. The molecule has 0 spiro atoms. The molecular weight excluding hydrogens is 222 g/mol. The Morgan fingerprint density at radius 3 is 2.67 bits per heavy atom. The fourth-order valence-corrected chi connectivity index (χ4v) is 2.19. The average molecular weight is 239 g/mol. The summed E-state index contributed by atoms with van der Waals surface area (Å²) in [5.74, 6) is 1.93. The normalized spacial score (nSPS) is 14.8. The van der Waals surface area contributed by atoms with E-state index in [1.807, 2.05) is 12.1 Å². The number of aromatic nitrogens is 2. The molecule has 1 saturated carbocycles. The fraction of sp³-hybridized carbons (Fsp3) is 0.333. The van der Waals surface area contributed by atoms with Crippen LogP contribution in [0.3, 0.4) is 0 Å². The minimum atomic E-state index is 0.572. The van der Waals surface area contributed by atoms with Crippen molar-refractivity contribution in [2.45, 2.75) is 32.6 Å². The van der Waals surface area contributed by atoms with Gasteiger partial charge < -0.3 is 5.73 Å². The summed E-state index contributed by atoms with van der Waals surface area (Å²) < 4.78 is 0. The summed E-state index contributed by atoms with van der Waals surface area (Å²) in [4.78, 5) is 9.06. The number of anilines is 1. The lowest BCUT2D eigenvalue weighted by Crippen LogP contribution is -2.01. The zero-order chi connectivity index (χ0) is 12.7. The monoisotopic (exact) mass is 239 g/mol. The number of aryl methyl sites for hydroxylation is 1. The Labute approximate surface area is 107 Å². The first-order valence-corrected chi connectivity index (χ1v) is 6.36. The van der Waals surface area contributed by atoms with Gasteiger partial charge in [0.25, 0.3) is 0 Å². The van der Waals surface area contributed by atoms with Crippen LogP contribution in [-0.2, 0) is 0 Å². The molecule has 1 heterocycles. The van der Waals surface area contributed by atoms with Gasteiger partial charge >= 0.3 is 0 Å². The van der Waals surface area contributed by atoms with Crippen LogP contribution in [0.4, 0.5) is 5.82 Å². The van der Waals surface area contributed by atoms with E-state index in [4.69, 9.17) is 5.73 Å². The van der Waals surface area contributed by atoms with Crippen LogP contribution in [0.5, 0.6) is 0 Å². The quantitative estimate of drug-likeness (QED) is 0.875. The van der Waals surface area contributed by atoms with Crippen molar-refractivity contribution >= 4 is 5.82 Å². The molecule has 0 radical (unpaired) electrons. The maximum absolute atomic E-state index is 5.90. The molecule has 1 aliphatic carbocycles. The van der Waals surface area contributed by atoms with Crippen molar-refractivity contribution in [3.63, 3.8) is 0 Å². The van der Waals surface area contributed by atoms with Gasteiger partial charge in [0, 0.05) is 23.2 Å². The number of benzene rings is 1. The first kappa shape index (κ1) is 11.2. The molecule has 0 atom stereocenters. The molecule has 1 aliphatic rings. The van der Waals surface area contributed by atoms with Crippen LogP contribution in [0.15, 0.2) is 24.3 Å². The van der Waals surface area contributed by atoms with Crippen molar-refractivity contribution in [1.82, 2.24) is 9.97 Å². The number of hydrogen-bond donors (Lipinski definition) is 1. The summed E-state index contributed by atoms with van der Waals surface area (Å²) in [5, 5.41) is 0.